The second-order valence-corrected chi connectivity index (χ2v) is 3.01. The summed E-state index contributed by atoms with van der Waals surface area (Å²) in [5, 5.41) is 0. The van der Waals surface area contributed by atoms with Gasteiger partial charge in [-0.25, -0.2) is 0 Å². The SMILES string of the molecule is CCC(=O)/C(C)=C\C(C)CC. The lowest BCUT2D eigenvalue weighted by atomic mass is 10.0. The lowest BCUT2D eigenvalue weighted by Crippen LogP contribution is -1.99. The van der Waals surface area contributed by atoms with Gasteiger partial charge in [-0.2, -0.15) is 0 Å². The van der Waals surface area contributed by atoms with Crippen molar-refractivity contribution < 1.29 is 4.79 Å². The van der Waals surface area contributed by atoms with E-state index >= 15 is 0 Å². The van der Waals surface area contributed by atoms with Crippen LogP contribution in [-0.2, 0) is 4.79 Å². The molecule has 0 saturated heterocycles. The molecule has 0 saturated carbocycles. The van der Waals surface area contributed by atoms with Crippen LogP contribution < -0.4 is 0 Å². The molecule has 0 aromatic carbocycles. The molecule has 0 aromatic heterocycles. The Bertz CT molecular complexity index is 156. The van der Waals surface area contributed by atoms with Crippen molar-refractivity contribution in [1.29, 1.82) is 0 Å². The summed E-state index contributed by atoms with van der Waals surface area (Å²) < 4.78 is 0. The number of ketones is 1. The van der Waals surface area contributed by atoms with Gasteiger partial charge in [-0.05, 0) is 18.4 Å². The van der Waals surface area contributed by atoms with E-state index in [-0.39, 0.29) is 5.78 Å². The van der Waals surface area contributed by atoms with E-state index in [1.807, 2.05) is 13.8 Å². The van der Waals surface area contributed by atoms with Crippen LogP contribution in [0.5, 0.6) is 0 Å². The minimum absolute atomic E-state index is 0.269. The smallest absolute Gasteiger partial charge is 0.157 e. The maximum Gasteiger partial charge on any atom is 0.157 e. The van der Waals surface area contributed by atoms with Gasteiger partial charge in [0.2, 0.25) is 0 Å². The molecule has 64 valence electrons. The third-order valence-corrected chi connectivity index (χ3v) is 1.94. The zero-order valence-corrected chi connectivity index (χ0v) is 7.98. The highest BCUT2D eigenvalue weighted by Crippen LogP contribution is 2.08. The molecular weight excluding hydrogens is 136 g/mol. The van der Waals surface area contributed by atoms with Crippen LogP contribution in [0.15, 0.2) is 11.6 Å². The number of Topliss-reactive ketones (excluding diaryl/α,β-unsaturated/α-hetero) is 1. The fourth-order valence-electron chi connectivity index (χ4n) is 0.916. The highest BCUT2D eigenvalue weighted by Gasteiger charge is 2.01. The Morgan fingerprint density at radius 3 is 2.36 bits per heavy atom. The molecule has 0 bridgehead atoms. The highest BCUT2D eigenvalue weighted by atomic mass is 16.1. The Balaban J connectivity index is 4.09. The molecule has 11 heavy (non-hydrogen) atoms. The van der Waals surface area contributed by atoms with Crippen molar-refractivity contribution in [3.63, 3.8) is 0 Å². The molecule has 1 nitrogen and oxygen atoms in total. The Morgan fingerprint density at radius 1 is 1.45 bits per heavy atom. The first kappa shape index (κ1) is 10.4. The second-order valence-electron chi connectivity index (χ2n) is 3.01. The summed E-state index contributed by atoms with van der Waals surface area (Å²) in [6, 6.07) is 0. The highest BCUT2D eigenvalue weighted by molar-refractivity contribution is 5.94. The first-order valence-electron chi connectivity index (χ1n) is 4.33. The standard InChI is InChI=1S/C10H18O/c1-5-8(3)7-9(4)10(11)6-2/h7-8H,5-6H2,1-4H3/b9-7-. The van der Waals surface area contributed by atoms with Crippen molar-refractivity contribution in [2.45, 2.75) is 40.5 Å². The monoisotopic (exact) mass is 154 g/mol. The third-order valence-electron chi connectivity index (χ3n) is 1.94. The minimum Gasteiger partial charge on any atom is -0.295 e. The van der Waals surface area contributed by atoms with E-state index in [1.165, 1.54) is 0 Å². The van der Waals surface area contributed by atoms with Gasteiger partial charge in [0.05, 0.1) is 0 Å². The normalized spacial score (nSPS) is 14.7. The summed E-state index contributed by atoms with van der Waals surface area (Å²) in [4.78, 5) is 11.1. The topological polar surface area (TPSA) is 17.1 Å². The average molecular weight is 154 g/mol. The predicted molar refractivity (Wildman–Crippen MR) is 48.5 cm³/mol. The summed E-state index contributed by atoms with van der Waals surface area (Å²) >= 11 is 0. The van der Waals surface area contributed by atoms with Gasteiger partial charge in [0.15, 0.2) is 5.78 Å². The van der Waals surface area contributed by atoms with Crippen LogP contribution in [0.4, 0.5) is 0 Å². The lowest BCUT2D eigenvalue weighted by molar-refractivity contribution is -0.115. The lowest BCUT2D eigenvalue weighted by Gasteiger charge is -2.02. The molecule has 0 amide bonds. The number of hydrogen-bond donors (Lipinski definition) is 0. The van der Waals surface area contributed by atoms with Crippen LogP contribution >= 0.6 is 0 Å². The fourth-order valence-corrected chi connectivity index (χ4v) is 0.916. The first-order chi connectivity index (χ1) is 5.11. The number of carbonyl (C=O) groups is 1. The van der Waals surface area contributed by atoms with Gasteiger partial charge in [-0.3, -0.25) is 4.79 Å². The van der Waals surface area contributed by atoms with E-state index in [4.69, 9.17) is 0 Å². The molecule has 0 radical (unpaired) electrons. The average Bonchev–Trinajstić information content (AvgIpc) is 2.02. The van der Waals surface area contributed by atoms with Crippen molar-refractivity contribution in [2.24, 2.45) is 5.92 Å². The molecular formula is C10H18O. The fraction of sp³-hybridized carbons (Fsp3) is 0.700. The Labute approximate surface area is 69.5 Å². The summed E-state index contributed by atoms with van der Waals surface area (Å²) in [6.07, 6.45) is 3.79. The van der Waals surface area contributed by atoms with Crippen LogP contribution in [0.1, 0.15) is 40.5 Å². The van der Waals surface area contributed by atoms with Gasteiger partial charge in [0.1, 0.15) is 0 Å². The molecule has 1 heteroatoms. The number of rotatable bonds is 4. The Morgan fingerprint density at radius 2 is 2.00 bits per heavy atom. The molecule has 0 aliphatic heterocycles. The van der Waals surface area contributed by atoms with E-state index in [9.17, 15) is 4.79 Å². The number of carbonyl (C=O) groups excluding carboxylic acids is 1. The predicted octanol–water partition coefficient (Wildman–Crippen LogP) is 2.96. The number of hydrogen-bond acceptors (Lipinski definition) is 1. The zero-order chi connectivity index (χ0) is 8.85. The van der Waals surface area contributed by atoms with Crippen LogP contribution in [0, 0.1) is 5.92 Å². The van der Waals surface area contributed by atoms with Crippen molar-refractivity contribution >= 4 is 5.78 Å². The second kappa shape index (κ2) is 5.11. The molecule has 0 aliphatic carbocycles. The van der Waals surface area contributed by atoms with E-state index in [1.54, 1.807) is 0 Å². The van der Waals surface area contributed by atoms with Crippen molar-refractivity contribution in [1.82, 2.24) is 0 Å². The molecule has 1 unspecified atom stereocenters. The molecule has 0 fully saturated rings. The van der Waals surface area contributed by atoms with Crippen molar-refractivity contribution in [3.8, 4) is 0 Å². The van der Waals surface area contributed by atoms with Crippen LogP contribution in [0.2, 0.25) is 0 Å². The summed E-state index contributed by atoms with van der Waals surface area (Å²) in [5.41, 5.74) is 0.918. The van der Waals surface area contributed by atoms with Gasteiger partial charge in [-0.1, -0.05) is 33.3 Å². The zero-order valence-electron chi connectivity index (χ0n) is 7.98. The number of allylic oxidation sites excluding steroid dienone is 2. The van der Waals surface area contributed by atoms with Crippen molar-refractivity contribution in [2.75, 3.05) is 0 Å². The maximum atomic E-state index is 11.1. The van der Waals surface area contributed by atoms with E-state index in [2.05, 4.69) is 19.9 Å². The summed E-state index contributed by atoms with van der Waals surface area (Å²) in [5.74, 6) is 0.802. The molecule has 0 spiro atoms. The Kier molecular flexibility index (Phi) is 4.84. The van der Waals surface area contributed by atoms with Crippen molar-refractivity contribution in [3.05, 3.63) is 11.6 Å². The first-order valence-corrected chi connectivity index (χ1v) is 4.33. The summed E-state index contributed by atoms with van der Waals surface area (Å²) in [7, 11) is 0. The van der Waals surface area contributed by atoms with Crippen LogP contribution in [0.25, 0.3) is 0 Å². The van der Waals surface area contributed by atoms with Crippen LogP contribution in [0.3, 0.4) is 0 Å². The van der Waals surface area contributed by atoms with Crippen LogP contribution in [-0.4, -0.2) is 5.78 Å². The van der Waals surface area contributed by atoms with E-state index < -0.39 is 0 Å². The quantitative estimate of drug-likeness (QED) is 0.569. The molecule has 0 aromatic rings. The third kappa shape index (κ3) is 3.97. The van der Waals surface area contributed by atoms with E-state index in [0.29, 0.717) is 12.3 Å². The Hall–Kier alpha value is -0.590. The molecule has 1 atom stereocenters. The van der Waals surface area contributed by atoms with Gasteiger partial charge in [0.25, 0.3) is 0 Å². The molecule has 0 N–H and O–H groups in total. The van der Waals surface area contributed by atoms with E-state index in [0.717, 1.165) is 12.0 Å². The van der Waals surface area contributed by atoms with Gasteiger partial charge >= 0.3 is 0 Å². The molecule has 0 heterocycles. The van der Waals surface area contributed by atoms with Gasteiger partial charge in [0, 0.05) is 6.42 Å². The largest absolute Gasteiger partial charge is 0.295 e. The van der Waals surface area contributed by atoms with Gasteiger partial charge < -0.3 is 0 Å². The van der Waals surface area contributed by atoms with Gasteiger partial charge in [-0.15, -0.1) is 0 Å². The molecule has 0 aliphatic rings. The minimum atomic E-state index is 0.269. The summed E-state index contributed by atoms with van der Waals surface area (Å²) in [6.45, 7) is 8.06. The molecule has 0 rings (SSSR count). The maximum absolute atomic E-state index is 11.1.